The smallest absolute Gasteiger partial charge is 0.273 e. The summed E-state index contributed by atoms with van der Waals surface area (Å²) in [6.07, 6.45) is 0. The zero-order chi connectivity index (χ0) is 20.7. The van der Waals surface area contributed by atoms with Crippen molar-refractivity contribution in [2.45, 2.75) is 19.5 Å². The number of nitrogens with zero attached hydrogens (tertiary/aromatic N) is 2. The van der Waals surface area contributed by atoms with Crippen molar-refractivity contribution in [3.05, 3.63) is 113 Å². The Morgan fingerprint density at radius 2 is 1.67 bits per heavy atom. The number of amides is 1. The van der Waals surface area contributed by atoms with Gasteiger partial charge in [0.25, 0.3) is 5.91 Å². The third-order valence-electron chi connectivity index (χ3n) is 5.57. The highest BCUT2D eigenvalue weighted by Crippen LogP contribution is 2.43. The molecule has 0 radical (unpaired) electrons. The second-order valence-corrected chi connectivity index (χ2v) is 7.60. The summed E-state index contributed by atoms with van der Waals surface area (Å²) in [5.41, 5.74) is 6.08. The largest absolute Gasteiger partial charge is 0.322 e. The molecule has 0 saturated heterocycles. The number of fused-ring (bicyclic) bond motifs is 1. The molecule has 3 aromatic carbocycles. The average Bonchev–Trinajstić information content (AvgIpc) is 3.30. The quantitative estimate of drug-likeness (QED) is 0.510. The first-order chi connectivity index (χ1) is 14.6. The number of rotatable bonds is 4. The van der Waals surface area contributed by atoms with Crippen LogP contribution >= 0.6 is 0 Å². The lowest BCUT2D eigenvalue weighted by Crippen LogP contribution is -2.29. The van der Waals surface area contributed by atoms with Crippen LogP contribution in [0.1, 0.15) is 38.8 Å². The van der Waals surface area contributed by atoms with E-state index in [0.29, 0.717) is 12.2 Å². The Morgan fingerprint density at radius 1 is 0.967 bits per heavy atom. The Kier molecular flexibility index (Phi) is 4.43. The van der Waals surface area contributed by atoms with E-state index >= 15 is 0 Å². The lowest BCUT2D eigenvalue weighted by molar-refractivity contribution is 0.0730. The Hall–Kier alpha value is -3.73. The molecule has 0 aliphatic carbocycles. The fraction of sp³-hybridized carbons (Fsp3) is 0.120. The van der Waals surface area contributed by atoms with Gasteiger partial charge < -0.3 is 4.90 Å². The van der Waals surface area contributed by atoms with Crippen LogP contribution in [0.5, 0.6) is 0 Å². The second-order valence-electron chi connectivity index (χ2n) is 7.60. The summed E-state index contributed by atoms with van der Waals surface area (Å²) in [5, 5.41) is 7.44. The predicted octanol–water partition coefficient (Wildman–Crippen LogP) is 5.27. The highest BCUT2D eigenvalue weighted by molar-refractivity contribution is 6.00. The van der Waals surface area contributed by atoms with E-state index in [9.17, 15) is 9.18 Å². The van der Waals surface area contributed by atoms with Crippen molar-refractivity contribution < 1.29 is 9.18 Å². The van der Waals surface area contributed by atoms with Crippen molar-refractivity contribution in [2.24, 2.45) is 0 Å². The number of carbonyl (C=O) groups excluding carboxylic acids is 1. The monoisotopic (exact) mass is 397 g/mol. The summed E-state index contributed by atoms with van der Waals surface area (Å²) >= 11 is 0. The van der Waals surface area contributed by atoms with Crippen molar-refractivity contribution in [3.8, 4) is 11.3 Å². The van der Waals surface area contributed by atoms with Crippen LogP contribution in [-0.2, 0) is 6.54 Å². The van der Waals surface area contributed by atoms with Crippen LogP contribution in [0.3, 0.4) is 0 Å². The summed E-state index contributed by atoms with van der Waals surface area (Å²) in [7, 11) is 0. The Morgan fingerprint density at radius 3 is 2.37 bits per heavy atom. The predicted molar refractivity (Wildman–Crippen MR) is 113 cm³/mol. The van der Waals surface area contributed by atoms with Crippen LogP contribution in [0.25, 0.3) is 11.3 Å². The highest BCUT2D eigenvalue weighted by Gasteiger charge is 2.42. The van der Waals surface area contributed by atoms with Crippen LogP contribution in [0.4, 0.5) is 4.39 Å². The van der Waals surface area contributed by atoms with E-state index in [1.807, 2.05) is 66.4 Å². The number of carbonyl (C=O) groups is 1. The lowest BCUT2D eigenvalue weighted by atomic mass is 9.95. The molecule has 148 valence electrons. The molecule has 0 saturated carbocycles. The summed E-state index contributed by atoms with van der Waals surface area (Å²) in [6.45, 7) is 2.49. The number of halogens is 1. The van der Waals surface area contributed by atoms with Crippen LogP contribution in [-0.4, -0.2) is 21.0 Å². The number of aromatic amines is 1. The lowest BCUT2D eigenvalue weighted by Gasteiger charge is -2.26. The van der Waals surface area contributed by atoms with Gasteiger partial charge in [0, 0.05) is 17.7 Å². The van der Waals surface area contributed by atoms with Gasteiger partial charge in [-0.05, 0) is 30.2 Å². The third kappa shape index (κ3) is 3.08. The Labute approximate surface area is 174 Å². The highest BCUT2D eigenvalue weighted by atomic mass is 19.1. The number of aromatic nitrogens is 2. The molecule has 1 unspecified atom stereocenters. The van der Waals surface area contributed by atoms with Gasteiger partial charge >= 0.3 is 0 Å². The van der Waals surface area contributed by atoms with E-state index in [2.05, 4.69) is 10.2 Å². The van der Waals surface area contributed by atoms with Gasteiger partial charge in [0.2, 0.25) is 0 Å². The van der Waals surface area contributed by atoms with E-state index in [-0.39, 0.29) is 17.8 Å². The third-order valence-corrected chi connectivity index (χ3v) is 5.57. The van der Waals surface area contributed by atoms with Crippen molar-refractivity contribution in [1.29, 1.82) is 0 Å². The first-order valence-corrected chi connectivity index (χ1v) is 9.87. The fourth-order valence-corrected chi connectivity index (χ4v) is 4.06. The standard InChI is InChI=1S/C25H20FN3O/c1-16-7-9-18(10-8-16)22-21-23(28-27-22)25(30)29(15-17-5-3-2-4-6-17)24(21)19-11-13-20(26)14-12-19/h2-14,24H,15H2,1H3,(H,27,28). The maximum atomic E-state index is 13.6. The molecule has 1 aliphatic heterocycles. The first kappa shape index (κ1) is 18.3. The van der Waals surface area contributed by atoms with Crippen molar-refractivity contribution in [3.63, 3.8) is 0 Å². The number of hydrogen-bond acceptors (Lipinski definition) is 2. The normalized spacial score (nSPS) is 15.5. The van der Waals surface area contributed by atoms with Gasteiger partial charge in [-0.3, -0.25) is 9.89 Å². The molecule has 1 amide bonds. The average molecular weight is 397 g/mol. The minimum absolute atomic E-state index is 0.103. The minimum atomic E-state index is -0.344. The molecule has 30 heavy (non-hydrogen) atoms. The van der Waals surface area contributed by atoms with Crippen LogP contribution in [0.2, 0.25) is 0 Å². The van der Waals surface area contributed by atoms with Gasteiger partial charge in [-0.1, -0.05) is 72.3 Å². The van der Waals surface area contributed by atoms with Crippen LogP contribution in [0.15, 0.2) is 78.9 Å². The summed E-state index contributed by atoms with van der Waals surface area (Å²) in [5.74, 6) is -0.405. The van der Waals surface area contributed by atoms with E-state index in [1.165, 1.54) is 12.1 Å². The molecule has 0 fully saturated rings. The SMILES string of the molecule is Cc1ccc(-c2n[nH]c3c2C(c2ccc(F)cc2)N(Cc2ccccc2)C3=O)cc1. The Balaban J connectivity index is 1.64. The zero-order valence-corrected chi connectivity index (χ0v) is 16.5. The number of H-pyrrole nitrogens is 1. The maximum Gasteiger partial charge on any atom is 0.273 e. The van der Waals surface area contributed by atoms with Crippen molar-refractivity contribution >= 4 is 5.91 Å². The topological polar surface area (TPSA) is 49.0 Å². The van der Waals surface area contributed by atoms with Crippen LogP contribution < -0.4 is 0 Å². The molecule has 5 heteroatoms. The molecule has 0 bridgehead atoms. The van der Waals surface area contributed by atoms with E-state index in [0.717, 1.165) is 33.5 Å². The molecule has 1 N–H and O–H groups in total. The molecule has 5 rings (SSSR count). The van der Waals surface area contributed by atoms with Crippen molar-refractivity contribution in [1.82, 2.24) is 15.1 Å². The van der Waals surface area contributed by atoms with Crippen LogP contribution in [0, 0.1) is 12.7 Å². The molecule has 1 atom stereocenters. The molecule has 4 nitrogen and oxygen atoms in total. The van der Waals surface area contributed by atoms with E-state index in [4.69, 9.17) is 0 Å². The maximum absolute atomic E-state index is 13.6. The molecule has 1 aliphatic rings. The molecule has 2 heterocycles. The van der Waals surface area contributed by atoms with Gasteiger partial charge in [-0.15, -0.1) is 0 Å². The molecule has 1 aromatic heterocycles. The van der Waals surface area contributed by atoms with Gasteiger partial charge in [0.15, 0.2) is 0 Å². The second kappa shape index (κ2) is 7.26. The fourth-order valence-electron chi connectivity index (χ4n) is 4.06. The Bertz CT molecular complexity index is 1200. The molecular formula is C25H20FN3O. The minimum Gasteiger partial charge on any atom is -0.322 e. The summed E-state index contributed by atoms with van der Waals surface area (Å²) < 4.78 is 13.6. The van der Waals surface area contributed by atoms with Gasteiger partial charge in [0.05, 0.1) is 11.7 Å². The molecule has 4 aromatic rings. The molecular weight excluding hydrogens is 377 g/mol. The summed E-state index contributed by atoms with van der Waals surface area (Å²) in [4.78, 5) is 15.2. The zero-order valence-electron chi connectivity index (χ0n) is 16.5. The number of benzene rings is 3. The number of hydrogen-bond donors (Lipinski definition) is 1. The van der Waals surface area contributed by atoms with Gasteiger partial charge in [0.1, 0.15) is 11.5 Å². The number of aryl methyl sites for hydroxylation is 1. The van der Waals surface area contributed by atoms with Gasteiger partial charge in [-0.2, -0.15) is 5.10 Å². The van der Waals surface area contributed by atoms with E-state index < -0.39 is 0 Å². The van der Waals surface area contributed by atoms with Gasteiger partial charge in [-0.25, -0.2) is 4.39 Å². The molecule has 0 spiro atoms. The number of nitrogens with one attached hydrogen (secondary N) is 1. The van der Waals surface area contributed by atoms with Crippen molar-refractivity contribution in [2.75, 3.05) is 0 Å². The first-order valence-electron chi connectivity index (χ1n) is 9.87. The summed E-state index contributed by atoms with van der Waals surface area (Å²) in [6, 6.07) is 24.0. The van der Waals surface area contributed by atoms with E-state index in [1.54, 1.807) is 12.1 Å².